The van der Waals surface area contributed by atoms with E-state index in [0.29, 0.717) is 5.56 Å². The van der Waals surface area contributed by atoms with Crippen LogP contribution < -0.4 is 11.2 Å². The molecule has 0 unspecified atom stereocenters. The van der Waals surface area contributed by atoms with Gasteiger partial charge in [0.05, 0.1) is 11.0 Å². The molecule has 2 rings (SSSR count). The highest BCUT2D eigenvalue weighted by molar-refractivity contribution is 5.98. The summed E-state index contributed by atoms with van der Waals surface area (Å²) in [6.45, 7) is 0. The first-order valence-electron chi connectivity index (χ1n) is 4.70. The van der Waals surface area contributed by atoms with E-state index in [1.807, 2.05) is 0 Å². The summed E-state index contributed by atoms with van der Waals surface area (Å²) in [5.74, 6) is -0.0989. The monoisotopic (exact) mass is 220 g/mol. The number of rotatable bonds is 1. The Bertz CT molecular complexity index is 624. The van der Waals surface area contributed by atoms with Gasteiger partial charge in [0, 0.05) is 19.7 Å². The molecule has 3 N–H and O–H groups in total. The Morgan fingerprint density at radius 1 is 1.31 bits per heavy atom. The van der Waals surface area contributed by atoms with Crippen LogP contribution in [0.15, 0.2) is 23.0 Å². The van der Waals surface area contributed by atoms with Crippen LogP contribution >= 0.6 is 0 Å². The lowest BCUT2D eigenvalue weighted by molar-refractivity contribution is 0.234. The van der Waals surface area contributed by atoms with Crippen LogP contribution in [0.25, 0.3) is 11.0 Å². The minimum Gasteiger partial charge on any atom is -0.295 e. The highest BCUT2D eigenvalue weighted by Crippen LogP contribution is 2.13. The number of nitrogens with one attached hydrogen (secondary N) is 2. The molecule has 0 fully saturated rings. The number of hydroxylamine groups is 1. The second-order valence-corrected chi connectivity index (χ2v) is 3.59. The molecule has 0 atom stereocenters. The number of hydrogen-bond donors (Lipinski definition) is 3. The Balaban J connectivity index is 2.76. The van der Waals surface area contributed by atoms with E-state index in [2.05, 4.69) is 0 Å². The predicted octanol–water partition coefficient (Wildman–Crippen LogP) is 0.181. The van der Waals surface area contributed by atoms with E-state index in [4.69, 9.17) is 10.6 Å². The van der Waals surface area contributed by atoms with Gasteiger partial charge in [-0.2, -0.15) is 0 Å². The lowest BCUT2D eigenvalue weighted by atomic mass is 10.2. The number of hydrogen-bond acceptors (Lipinski definition) is 3. The van der Waals surface area contributed by atoms with Crippen LogP contribution in [-0.4, -0.2) is 20.2 Å². The molecule has 84 valence electrons. The van der Waals surface area contributed by atoms with E-state index in [9.17, 15) is 4.79 Å². The standard InChI is InChI=1S/C10H12N4O2/c1-13-7-4-3-6(9(11)12-16)5-8(7)14(2)10(13)15/h3-5,16H,1-2H3,(H2,11,12). The molecule has 0 radical (unpaired) electrons. The maximum atomic E-state index is 11.6. The van der Waals surface area contributed by atoms with Crippen LogP contribution in [-0.2, 0) is 14.1 Å². The molecule has 0 aliphatic heterocycles. The van der Waals surface area contributed by atoms with E-state index < -0.39 is 0 Å². The Labute approximate surface area is 91.2 Å². The molecular weight excluding hydrogens is 208 g/mol. The van der Waals surface area contributed by atoms with Gasteiger partial charge in [-0.05, 0) is 18.2 Å². The maximum Gasteiger partial charge on any atom is 0.328 e. The van der Waals surface area contributed by atoms with Gasteiger partial charge in [0.15, 0.2) is 0 Å². The van der Waals surface area contributed by atoms with Crippen LogP contribution in [0.2, 0.25) is 0 Å². The molecule has 0 spiro atoms. The Morgan fingerprint density at radius 2 is 1.94 bits per heavy atom. The van der Waals surface area contributed by atoms with Gasteiger partial charge >= 0.3 is 5.69 Å². The molecule has 0 saturated heterocycles. The molecule has 1 heterocycles. The van der Waals surface area contributed by atoms with Gasteiger partial charge in [-0.3, -0.25) is 25.2 Å². The van der Waals surface area contributed by atoms with Crippen molar-refractivity contribution in [3.63, 3.8) is 0 Å². The van der Waals surface area contributed by atoms with E-state index in [-0.39, 0.29) is 11.5 Å². The molecule has 1 aromatic heterocycles. The van der Waals surface area contributed by atoms with E-state index in [1.165, 1.54) is 9.13 Å². The molecule has 6 nitrogen and oxygen atoms in total. The Hall–Kier alpha value is -2.08. The molecule has 16 heavy (non-hydrogen) atoms. The largest absolute Gasteiger partial charge is 0.328 e. The van der Waals surface area contributed by atoms with Crippen molar-refractivity contribution < 1.29 is 5.21 Å². The number of imidazole rings is 1. The number of fused-ring (bicyclic) bond motifs is 1. The van der Waals surface area contributed by atoms with E-state index in [1.54, 1.807) is 37.8 Å². The van der Waals surface area contributed by atoms with Crippen molar-refractivity contribution in [1.82, 2.24) is 14.6 Å². The molecule has 0 aliphatic rings. The third-order valence-electron chi connectivity index (χ3n) is 2.67. The van der Waals surface area contributed by atoms with Crippen LogP contribution in [0, 0.1) is 5.41 Å². The number of aryl methyl sites for hydroxylation is 2. The summed E-state index contributed by atoms with van der Waals surface area (Å²) in [6, 6.07) is 5.10. The summed E-state index contributed by atoms with van der Waals surface area (Å²) in [5, 5.41) is 16.1. The van der Waals surface area contributed by atoms with Gasteiger partial charge in [0.1, 0.15) is 5.84 Å². The summed E-state index contributed by atoms with van der Waals surface area (Å²) >= 11 is 0. The van der Waals surface area contributed by atoms with E-state index in [0.717, 1.165) is 11.0 Å². The zero-order valence-electron chi connectivity index (χ0n) is 8.98. The average molecular weight is 220 g/mol. The molecule has 0 bridgehead atoms. The lowest BCUT2D eigenvalue weighted by Gasteiger charge is -2.02. The van der Waals surface area contributed by atoms with Crippen molar-refractivity contribution in [2.24, 2.45) is 14.1 Å². The summed E-state index contributed by atoms with van der Waals surface area (Å²) in [7, 11) is 3.37. The van der Waals surface area contributed by atoms with Crippen molar-refractivity contribution in [3.05, 3.63) is 34.2 Å². The summed E-state index contributed by atoms with van der Waals surface area (Å²) in [5.41, 5.74) is 3.71. The first-order valence-corrected chi connectivity index (χ1v) is 4.70. The summed E-state index contributed by atoms with van der Waals surface area (Å²) in [6.07, 6.45) is 0. The van der Waals surface area contributed by atoms with Crippen molar-refractivity contribution in [2.45, 2.75) is 0 Å². The quantitative estimate of drug-likeness (QED) is 0.364. The zero-order valence-corrected chi connectivity index (χ0v) is 8.98. The third-order valence-corrected chi connectivity index (χ3v) is 2.67. The smallest absolute Gasteiger partial charge is 0.295 e. The molecular formula is C10H12N4O2. The maximum absolute atomic E-state index is 11.6. The molecule has 6 heteroatoms. The minimum absolute atomic E-state index is 0.0989. The lowest BCUT2D eigenvalue weighted by Crippen LogP contribution is -2.19. The first kappa shape index (κ1) is 10.4. The first-order chi connectivity index (χ1) is 7.56. The highest BCUT2D eigenvalue weighted by atomic mass is 16.5. The number of benzene rings is 1. The number of amidine groups is 1. The van der Waals surface area contributed by atoms with E-state index >= 15 is 0 Å². The fraction of sp³-hybridized carbons (Fsp3) is 0.200. The van der Waals surface area contributed by atoms with Gasteiger partial charge < -0.3 is 0 Å². The molecule has 0 amide bonds. The molecule has 1 aromatic carbocycles. The number of nitrogens with zero attached hydrogens (tertiary/aromatic N) is 2. The van der Waals surface area contributed by atoms with Gasteiger partial charge in [-0.15, -0.1) is 0 Å². The molecule has 0 aliphatic carbocycles. The van der Waals surface area contributed by atoms with Gasteiger partial charge in [-0.1, -0.05) is 0 Å². The van der Waals surface area contributed by atoms with Crippen LogP contribution in [0.4, 0.5) is 0 Å². The van der Waals surface area contributed by atoms with Crippen molar-refractivity contribution in [1.29, 1.82) is 5.41 Å². The van der Waals surface area contributed by atoms with Gasteiger partial charge in [-0.25, -0.2) is 4.79 Å². The van der Waals surface area contributed by atoms with Crippen molar-refractivity contribution in [2.75, 3.05) is 0 Å². The fourth-order valence-corrected chi connectivity index (χ4v) is 1.73. The normalized spacial score (nSPS) is 10.7. The Kier molecular flexibility index (Phi) is 2.28. The average Bonchev–Trinajstić information content (AvgIpc) is 2.53. The third kappa shape index (κ3) is 1.31. The zero-order chi connectivity index (χ0) is 11.9. The Morgan fingerprint density at radius 3 is 2.56 bits per heavy atom. The number of aromatic nitrogens is 2. The van der Waals surface area contributed by atoms with Crippen molar-refractivity contribution >= 4 is 16.9 Å². The minimum atomic E-state index is -0.115. The van der Waals surface area contributed by atoms with Crippen LogP contribution in [0.3, 0.4) is 0 Å². The second kappa shape index (κ2) is 3.49. The predicted molar refractivity (Wildman–Crippen MR) is 59.9 cm³/mol. The summed E-state index contributed by atoms with van der Waals surface area (Å²) in [4.78, 5) is 11.6. The topological polar surface area (TPSA) is 83.0 Å². The fourth-order valence-electron chi connectivity index (χ4n) is 1.73. The molecule has 2 aromatic rings. The van der Waals surface area contributed by atoms with Crippen LogP contribution in [0.1, 0.15) is 5.56 Å². The summed E-state index contributed by atoms with van der Waals surface area (Å²) < 4.78 is 3.04. The van der Waals surface area contributed by atoms with Crippen LogP contribution in [0.5, 0.6) is 0 Å². The second-order valence-electron chi connectivity index (χ2n) is 3.59. The highest BCUT2D eigenvalue weighted by Gasteiger charge is 2.09. The molecule has 0 saturated carbocycles. The van der Waals surface area contributed by atoms with Gasteiger partial charge in [0.25, 0.3) is 0 Å². The van der Waals surface area contributed by atoms with Crippen molar-refractivity contribution in [3.8, 4) is 0 Å². The van der Waals surface area contributed by atoms with Gasteiger partial charge in [0.2, 0.25) is 0 Å². The SMILES string of the molecule is Cn1c(=O)n(C)c2cc(C(=N)NO)ccc21.